The standard InChI is InChI=1S/C9H17ClN4/c1-4-8(12)14-9(10)7(5-11)6(2)13-3/h5-6,11,13H,4H2,1-3H3,(H2,12,14)/b9-7-,11-5?. The molecule has 0 saturated carbocycles. The summed E-state index contributed by atoms with van der Waals surface area (Å²) in [5.41, 5.74) is 6.17. The van der Waals surface area contributed by atoms with E-state index in [-0.39, 0.29) is 11.2 Å². The van der Waals surface area contributed by atoms with Crippen molar-refractivity contribution in [3.05, 3.63) is 10.7 Å². The molecule has 80 valence electrons. The molecule has 0 aromatic carbocycles. The fourth-order valence-corrected chi connectivity index (χ4v) is 1.12. The van der Waals surface area contributed by atoms with Crippen molar-refractivity contribution < 1.29 is 0 Å². The molecule has 0 bridgehead atoms. The van der Waals surface area contributed by atoms with Gasteiger partial charge in [0.05, 0.1) is 0 Å². The Labute approximate surface area is 89.7 Å². The zero-order valence-corrected chi connectivity index (χ0v) is 9.52. The van der Waals surface area contributed by atoms with E-state index in [4.69, 9.17) is 22.7 Å². The first-order valence-electron chi connectivity index (χ1n) is 4.47. The van der Waals surface area contributed by atoms with Crippen molar-refractivity contribution in [3.8, 4) is 0 Å². The van der Waals surface area contributed by atoms with Gasteiger partial charge < -0.3 is 16.5 Å². The van der Waals surface area contributed by atoms with Gasteiger partial charge in [-0.15, -0.1) is 0 Å². The van der Waals surface area contributed by atoms with Crippen molar-refractivity contribution in [3.63, 3.8) is 0 Å². The molecule has 0 saturated heterocycles. The normalized spacial score (nSPS) is 16.1. The topological polar surface area (TPSA) is 74.3 Å². The van der Waals surface area contributed by atoms with Crippen LogP contribution in [0.25, 0.3) is 0 Å². The summed E-state index contributed by atoms with van der Waals surface area (Å²) in [5, 5.41) is 10.5. The minimum atomic E-state index is -0.00611. The lowest BCUT2D eigenvalue weighted by Crippen LogP contribution is -2.25. The Morgan fingerprint density at radius 2 is 2.29 bits per heavy atom. The minimum Gasteiger partial charge on any atom is -0.387 e. The van der Waals surface area contributed by atoms with E-state index in [1.165, 1.54) is 6.21 Å². The van der Waals surface area contributed by atoms with E-state index < -0.39 is 0 Å². The maximum Gasteiger partial charge on any atom is 0.137 e. The molecule has 0 radical (unpaired) electrons. The third-order valence-electron chi connectivity index (χ3n) is 1.90. The first-order valence-corrected chi connectivity index (χ1v) is 4.85. The van der Waals surface area contributed by atoms with Crippen molar-refractivity contribution in [1.82, 2.24) is 5.32 Å². The van der Waals surface area contributed by atoms with E-state index in [1.54, 1.807) is 7.05 Å². The van der Waals surface area contributed by atoms with Gasteiger partial charge in [-0.3, -0.25) is 0 Å². The van der Waals surface area contributed by atoms with E-state index in [1.807, 2.05) is 13.8 Å². The number of hydrogen-bond acceptors (Lipinski definition) is 3. The Bertz CT molecular complexity index is 258. The molecule has 4 nitrogen and oxygen atoms in total. The van der Waals surface area contributed by atoms with Crippen LogP contribution in [0.1, 0.15) is 20.3 Å². The molecule has 5 heteroatoms. The second kappa shape index (κ2) is 6.56. The third-order valence-corrected chi connectivity index (χ3v) is 2.20. The van der Waals surface area contributed by atoms with Crippen molar-refractivity contribution >= 4 is 23.7 Å². The van der Waals surface area contributed by atoms with Gasteiger partial charge >= 0.3 is 0 Å². The lowest BCUT2D eigenvalue weighted by Gasteiger charge is -2.11. The summed E-state index contributed by atoms with van der Waals surface area (Å²) >= 11 is 5.92. The van der Waals surface area contributed by atoms with E-state index >= 15 is 0 Å². The molecule has 4 N–H and O–H groups in total. The molecule has 0 rings (SSSR count). The van der Waals surface area contributed by atoms with Crippen LogP contribution >= 0.6 is 11.6 Å². The van der Waals surface area contributed by atoms with Crippen LogP contribution in [-0.4, -0.2) is 25.1 Å². The quantitative estimate of drug-likeness (QED) is 0.370. The second-order valence-electron chi connectivity index (χ2n) is 2.86. The highest BCUT2D eigenvalue weighted by atomic mass is 35.5. The highest BCUT2D eigenvalue weighted by molar-refractivity contribution is 6.31. The molecule has 0 aliphatic rings. The van der Waals surface area contributed by atoms with Crippen LogP contribution in [0, 0.1) is 5.41 Å². The van der Waals surface area contributed by atoms with Gasteiger partial charge in [0.25, 0.3) is 0 Å². The summed E-state index contributed by atoms with van der Waals surface area (Å²) in [6.07, 6.45) is 1.84. The molecule has 0 spiro atoms. The third kappa shape index (κ3) is 3.89. The zero-order chi connectivity index (χ0) is 11.1. The smallest absolute Gasteiger partial charge is 0.137 e. The molecule has 0 aromatic heterocycles. The minimum absolute atomic E-state index is 0.00611. The zero-order valence-electron chi connectivity index (χ0n) is 8.76. The van der Waals surface area contributed by atoms with Gasteiger partial charge in [-0.05, 0) is 14.0 Å². The molecule has 0 aromatic rings. The first-order chi connectivity index (χ1) is 6.56. The monoisotopic (exact) mass is 216 g/mol. The number of halogens is 1. The van der Waals surface area contributed by atoms with Crippen molar-refractivity contribution in [1.29, 1.82) is 5.41 Å². The van der Waals surface area contributed by atoms with Crippen LogP contribution in [0.4, 0.5) is 0 Å². The maximum atomic E-state index is 7.21. The molecular weight excluding hydrogens is 200 g/mol. The second-order valence-corrected chi connectivity index (χ2v) is 3.22. The molecule has 1 unspecified atom stereocenters. The summed E-state index contributed by atoms with van der Waals surface area (Å²) in [5.74, 6) is 0.470. The van der Waals surface area contributed by atoms with Crippen LogP contribution in [0.5, 0.6) is 0 Å². The molecular formula is C9H17ClN4. The average Bonchev–Trinajstić information content (AvgIpc) is 2.18. The first kappa shape index (κ1) is 13.1. The summed E-state index contributed by atoms with van der Waals surface area (Å²) in [6.45, 7) is 3.80. The number of hydrogen-bond donors (Lipinski definition) is 3. The molecule has 0 heterocycles. The molecule has 0 amide bonds. The molecule has 0 aliphatic carbocycles. The highest BCUT2D eigenvalue weighted by Crippen LogP contribution is 2.13. The van der Waals surface area contributed by atoms with Crippen LogP contribution in [-0.2, 0) is 0 Å². The fourth-order valence-electron chi connectivity index (χ4n) is 0.788. The number of likely N-dealkylation sites (N-methyl/N-ethyl adjacent to an activating group) is 1. The van der Waals surface area contributed by atoms with Gasteiger partial charge in [0.1, 0.15) is 11.0 Å². The van der Waals surface area contributed by atoms with Gasteiger partial charge in [-0.1, -0.05) is 18.5 Å². The summed E-state index contributed by atoms with van der Waals surface area (Å²) in [7, 11) is 1.80. The lowest BCUT2D eigenvalue weighted by molar-refractivity contribution is 0.710. The Kier molecular flexibility index (Phi) is 6.16. The number of amidine groups is 1. The van der Waals surface area contributed by atoms with Crippen LogP contribution in [0.15, 0.2) is 15.7 Å². The van der Waals surface area contributed by atoms with Crippen LogP contribution < -0.4 is 11.1 Å². The Balaban J connectivity index is 4.93. The molecule has 1 atom stereocenters. The van der Waals surface area contributed by atoms with E-state index in [0.717, 1.165) is 0 Å². The lowest BCUT2D eigenvalue weighted by atomic mass is 10.1. The predicted octanol–water partition coefficient (Wildman–Crippen LogP) is 1.46. The van der Waals surface area contributed by atoms with E-state index in [0.29, 0.717) is 17.8 Å². The van der Waals surface area contributed by atoms with Crippen molar-refractivity contribution in [2.45, 2.75) is 26.3 Å². The molecule has 0 aliphatic heterocycles. The number of aliphatic imine (C=N–C) groups is 1. The number of rotatable bonds is 5. The SMILES string of the molecule is CC/C(N)=N\C(Cl)=C(\C=N)C(C)NC. The van der Waals surface area contributed by atoms with Crippen molar-refractivity contribution in [2.24, 2.45) is 10.7 Å². The Hall–Kier alpha value is -0.870. The van der Waals surface area contributed by atoms with Gasteiger partial charge in [0.15, 0.2) is 0 Å². The van der Waals surface area contributed by atoms with Gasteiger partial charge in [0.2, 0.25) is 0 Å². The van der Waals surface area contributed by atoms with Crippen LogP contribution in [0.2, 0.25) is 0 Å². The van der Waals surface area contributed by atoms with Gasteiger partial charge in [-0.25, -0.2) is 4.99 Å². The predicted molar refractivity (Wildman–Crippen MR) is 62.1 cm³/mol. The number of nitrogens with zero attached hydrogens (tertiary/aromatic N) is 1. The van der Waals surface area contributed by atoms with Gasteiger partial charge in [-0.2, -0.15) is 0 Å². The Morgan fingerprint density at radius 1 is 1.71 bits per heavy atom. The van der Waals surface area contributed by atoms with E-state index in [2.05, 4.69) is 10.3 Å². The van der Waals surface area contributed by atoms with Gasteiger partial charge in [0, 0.05) is 24.3 Å². The molecule has 14 heavy (non-hydrogen) atoms. The van der Waals surface area contributed by atoms with E-state index in [9.17, 15) is 0 Å². The molecule has 0 fully saturated rings. The summed E-state index contributed by atoms with van der Waals surface area (Å²) < 4.78 is 0. The summed E-state index contributed by atoms with van der Waals surface area (Å²) in [4.78, 5) is 3.98. The largest absolute Gasteiger partial charge is 0.387 e. The summed E-state index contributed by atoms with van der Waals surface area (Å²) in [6, 6.07) is -0.00611. The van der Waals surface area contributed by atoms with Crippen LogP contribution in [0.3, 0.4) is 0 Å². The number of nitrogens with one attached hydrogen (secondary N) is 2. The Morgan fingerprint density at radius 3 is 2.64 bits per heavy atom. The highest BCUT2D eigenvalue weighted by Gasteiger charge is 2.08. The fraction of sp³-hybridized carbons (Fsp3) is 0.556. The van der Waals surface area contributed by atoms with Crippen molar-refractivity contribution in [2.75, 3.05) is 7.05 Å². The number of nitrogens with two attached hydrogens (primary N) is 1. The maximum absolute atomic E-state index is 7.21. The average molecular weight is 217 g/mol.